The molecule has 0 aliphatic heterocycles. The fraction of sp³-hybridized carbons (Fsp3) is 0.750. The highest BCUT2D eigenvalue weighted by molar-refractivity contribution is 5.90. The number of amides is 5. The van der Waals surface area contributed by atoms with Gasteiger partial charge in [-0.25, -0.2) is 19.2 Å². The second-order valence-corrected chi connectivity index (χ2v) is 18.8. The molecule has 0 bridgehead atoms. The van der Waals surface area contributed by atoms with Crippen molar-refractivity contribution in [2.45, 2.75) is 225 Å². The zero-order valence-corrected chi connectivity index (χ0v) is 41.4. The topological polar surface area (TPSA) is 366 Å². The van der Waals surface area contributed by atoms with Crippen molar-refractivity contribution in [3.8, 4) is 0 Å². The molecular weight excluding hydrogens is 919 g/mol. The molecule has 0 aromatic carbocycles. The van der Waals surface area contributed by atoms with Crippen LogP contribution in [-0.2, 0) is 57.5 Å². The summed E-state index contributed by atoms with van der Waals surface area (Å²) < 4.78 is 0. The average molecular weight is 998 g/mol. The van der Waals surface area contributed by atoms with Crippen molar-refractivity contribution < 1.29 is 83.1 Å². The molecule has 5 atom stereocenters. The maximum Gasteiger partial charge on any atom is 0.326 e. The summed E-state index contributed by atoms with van der Waals surface area (Å²) >= 11 is 0. The summed E-state index contributed by atoms with van der Waals surface area (Å²) in [7, 11) is 0. The fourth-order valence-electron chi connectivity index (χ4n) is 7.17. The molecule has 5 amide bonds. The van der Waals surface area contributed by atoms with Gasteiger partial charge in [-0.3, -0.25) is 38.4 Å². The van der Waals surface area contributed by atoms with Crippen LogP contribution in [0.25, 0.3) is 0 Å². The van der Waals surface area contributed by atoms with E-state index in [1.165, 1.54) is 19.8 Å². The summed E-state index contributed by atoms with van der Waals surface area (Å²) in [6, 6.07) is -7.29. The van der Waals surface area contributed by atoms with Gasteiger partial charge < -0.3 is 52.1 Å². The van der Waals surface area contributed by atoms with E-state index < -0.39 is 146 Å². The second kappa shape index (κ2) is 36.1. The molecule has 10 N–H and O–H groups in total. The molecule has 0 saturated carbocycles. The molecule has 0 aromatic heterocycles. The molecular formula is C48H79N5O17. The van der Waals surface area contributed by atoms with E-state index in [0.717, 1.165) is 70.6 Å². The number of carbonyl (C=O) groups is 12. The van der Waals surface area contributed by atoms with Gasteiger partial charge in [0.1, 0.15) is 30.0 Å². The van der Waals surface area contributed by atoms with Crippen LogP contribution >= 0.6 is 0 Å². The minimum absolute atomic E-state index is 0.0246. The van der Waals surface area contributed by atoms with Crippen molar-refractivity contribution in [3.05, 3.63) is 0 Å². The molecule has 398 valence electrons. The average Bonchev–Trinajstić information content (AvgIpc) is 3.26. The van der Waals surface area contributed by atoms with Gasteiger partial charge in [-0.1, -0.05) is 97.8 Å². The molecule has 0 aromatic rings. The Morgan fingerprint density at radius 1 is 0.329 bits per heavy atom. The van der Waals surface area contributed by atoms with Crippen LogP contribution in [0.1, 0.15) is 195 Å². The van der Waals surface area contributed by atoms with Gasteiger partial charge in [0.2, 0.25) is 29.5 Å². The van der Waals surface area contributed by atoms with Crippen LogP contribution in [0.15, 0.2) is 0 Å². The van der Waals surface area contributed by atoms with Crippen LogP contribution in [0.3, 0.4) is 0 Å². The van der Waals surface area contributed by atoms with Gasteiger partial charge in [0.15, 0.2) is 5.78 Å². The molecule has 0 rings (SSSR count). The van der Waals surface area contributed by atoms with Gasteiger partial charge in [0.05, 0.1) is 6.04 Å². The Labute approximate surface area is 410 Å². The van der Waals surface area contributed by atoms with Crippen molar-refractivity contribution in [3.63, 3.8) is 0 Å². The van der Waals surface area contributed by atoms with E-state index >= 15 is 0 Å². The Bertz CT molecular complexity index is 1750. The van der Waals surface area contributed by atoms with Crippen LogP contribution < -0.4 is 26.6 Å². The van der Waals surface area contributed by atoms with E-state index in [1.54, 1.807) is 20.8 Å². The number of carboxylic acids is 5. The van der Waals surface area contributed by atoms with Crippen molar-refractivity contribution >= 4 is 70.9 Å². The lowest BCUT2D eigenvalue weighted by molar-refractivity contribution is -0.144. The summed E-state index contributed by atoms with van der Waals surface area (Å²) in [5, 5.41) is 58.5. The number of carboxylic acid groups (broad SMARTS) is 5. The summed E-state index contributed by atoms with van der Waals surface area (Å²) in [5.74, 6) is -11.2. The largest absolute Gasteiger partial charge is 0.481 e. The standard InChI is InChI=1S/C48H79N5O17/c1-31(54)32(21-26-37(55)48(2,3)4)49-39(57)27-22-34(45(65)66)51-41(59)29-24-36(47(69)70)53-42(60)30-25-35(46(67)68)52-40(58)28-23-33(44(63)64)50-38(56)19-17-15-13-11-9-7-5-6-8-10-12-14-16-18-20-43(61)62/h32-36H,5-30H2,1-4H3,(H,49,57)(H,50,56)(H,51,59)(H,52,58)(H,53,60)(H,61,62)(H,63,64)(H,65,66)(H,67,68)(H,69,70)/t32-,33-,34-,35-,36-/m0/s1. The van der Waals surface area contributed by atoms with E-state index in [0.29, 0.717) is 6.42 Å². The molecule has 22 nitrogen and oxygen atoms in total. The summed E-state index contributed by atoms with van der Waals surface area (Å²) in [4.78, 5) is 145. The third-order valence-electron chi connectivity index (χ3n) is 11.5. The van der Waals surface area contributed by atoms with E-state index in [-0.39, 0.29) is 37.9 Å². The molecule has 0 radical (unpaired) electrons. The number of ketones is 2. The predicted octanol–water partition coefficient (Wildman–Crippen LogP) is 4.18. The van der Waals surface area contributed by atoms with E-state index in [1.807, 2.05) is 0 Å². The van der Waals surface area contributed by atoms with Crippen LogP contribution in [-0.4, -0.2) is 127 Å². The van der Waals surface area contributed by atoms with Gasteiger partial charge >= 0.3 is 29.8 Å². The molecule has 0 saturated heterocycles. The monoisotopic (exact) mass is 998 g/mol. The molecule has 0 aliphatic carbocycles. The fourth-order valence-corrected chi connectivity index (χ4v) is 7.17. The lowest BCUT2D eigenvalue weighted by Gasteiger charge is -2.20. The van der Waals surface area contributed by atoms with Gasteiger partial charge in [-0.2, -0.15) is 0 Å². The molecule has 70 heavy (non-hydrogen) atoms. The van der Waals surface area contributed by atoms with Gasteiger partial charge in [-0.15, -0.1) is 0 Å². The molecule has 0 heterocycles. The summed E-state index contributed by atoms with van der Waals surface area (Å²) in [6.45, 7) is 6.38. The number of hydrogen-bond acceptors (Lipinski definition) is 12. The summed E-state index contributed by atoms with van der Waals surface area (Å²) in [6.07, 6.45) is 10.5. The first-order valence-corrected chi connectivity index (χ1v) is 24.5. The smallest absolute Gasteiger partial charge is 0.326 e. The number of nitrogens with one attached hydrogen (secondary N) is 5. The number of aliphatic carboxylic acids is 5. The van der Waals surface area contributed by atoms with Crippen molar-refractivity contribution in [2.24, 2.45) is 5.41 Å². The minimum Gasteiger partial charge on any atom is -0.481 e. The molecule has 0 spiro atoms. The highest BCUT2D eigenvalue weighted by Crippen LogP contribution is 2.19. The van der Waals surface area contributed by atoms with Crippen LogP contribution in [0.4, 0.5) is 0 Å². The lowest BCUT2D eigenvalue weighted by atomic mass is 9.87. The van der Waals surface area contributed by atoms with Gasteiger partial charge in [-0.05, 0) is 51.9 Å². The Morgan fingerprint density at radius 2 is 0.557 bits per heavy atom. The molecule has 0 unspecified atom stereocenters. The summed E-state index contributed by atoms with van der Waals surface area (Å²) in [5.41, 5.74) is -0.650. The Balaban J connectivity index is 4.71. The van der Waals surface area contributed by atoms with Crippen LogP contribution in [0.2, 0.25) is 0 Å². The third kappa shape index (κ3) is 32.7. The number of Topliss-reactive ketones (excluding diaryl/α,β-unsaturated/α-hetero) is 2. The highest BCUT2D eigenvalue weighted by atomic mass is 16.4. The number of unbranched alkanes of at least 4 members (excludes halogenated alkanes) is 13. The quantitative estimate of drug-likeness (QED) is 0.0383. The maximum atomic E-state index is 12.6. The SMILES string of the molecule is CC(=O)[C@H](CCC(=O)C(C)(C)C)NC(=O)CC[C@H](NC(=O)CC[C@H](NC(=O)CC[C@H](NC(=O)CC[C@H](NC(=O)CCCCCCCCCCCCCCCCC(=O)O)C(=O)O)C(=O)O)C(=O)O)C(=O)O. The van der Waals surface area contributed by atoms with E-state index in [9.17, 15) is 78.0 Å². The predicted molar refractivity (Wildman–Crippen MR) is 253 cm³/mol. The molecule has 22 heteroatoms. The second-order valence-electron chi connectivity index (χ2n) is 18.8. The first-order chi connectivity index (χ1) is 32.8. The van der Waals surface area contributed by atoms with Crippen LogP contribution in [0, 0.1) is 5.41 Å². The van der Waals surface area contributed by atoms with Crippen molar-refractivity contribution in [1.29, 1.82) is 0 Å². The first-order valence-electron chi connectivity index (χ1n) is 24.5. The van der Waals surface area contributed by atoms with Gasteiger partial charge in [0.25, 0.3) is 0 Å². The number of carbonyl (C=O) groups excluding carboxylic acids is 7. The third-order valence-corrected chi connectivity index (χ3v) is 11.5. The van der Waals surface area contributed by atoms with Crippen LogP contribution in [0.5, 0.6) is 0 Å². The zero-order valence-electron chi connectivity index (χ0n) is 41.4. The minimum atomic E-state index is -1.67. The number of hydrogen-bond donors (Lipinski definition) is 10. The lowest BCUT2D eigenvalue weighted by Crippen LogP contribution is -2.46. The molecule has 0 aliphatic rings. The Morgan fingerprint density at radius 3 is 0.800 bits per heavy atom. The van der Waals surface area contributed by atoms with E-state index in [4.69, 9.17) is 5.11 Å². The zero-order chi connectivity index (χ0) is 53.2. The Hall–Kier alpha value is -5.96. The van der Waals surface area contributed by atoms with Crippen molar-refractivity contribution in [1.82, 2.24) is 26.6 Å². The van der Waals surface area contributed by atoms with Gasteiger partial charge in [0, 0.05) is 50.4 Å². The molecule has 0 fully saturated rings. The maximum absolute atomic E-state index is 12.6. The highest BCUT2D eigenvalue weighted by Gasteiger charge is 2.29. The first kappa shape index (κ1) is 64.0. The Kier molecular flexibility index (Phi) is 33.0. The van der Waals surface area contributed by atoms with E-state index in [2.05, 4.69) is 26.6 Å². The van der Waals surface area contributed by atoms with Crippen molar-refractivity contribution in [2.75, 3.05) is 0 Å². The number of rotatable bonds is 42. The normalized spacial score (nSPS) is 13.3.